The predicted molar refractivity (Wildman–Crippen MR) is 92.8 cm³/mol. The van der Waals surface area contributed by atoms with Crippen molar-refractivity contribution in [2.24, 2.45) is 0 Å². The molecule has 2 aliphatic rings. The van der Waals surface area contributed by atoms with E-state index in [0.29, 0.717) is 31.9 Å². The lowest BCUT2D eigenvalue weighted by Crippen LogP contribution is -2.50. The van der Waals surface area contributed by atoms with Gasteiger partial charge in [0.1, 0.15) is 16.9 Å². The van der Waals surface area contributed by atoms with Gasteiger partial charge in [0.05, 0.1) is 12.7 Å². The average molecular weight is 362 g/mol. The van der Waals surface area contributed by atoms with E-state index >= 15 is 0 Å². The van der Waals surface area contributed by atoms with E-state index in [-0.39, 0.29) is 17.2 Å². The van der Waals surface area contributed by atoms with E-state index in [9.17, 15) is 14.4 Å². The van der Waals surface area contributed by atoms with E-state index in [0.717, 1.165) is 5.69 Å². The Balaban J connectivity index is 1.74. The highest BCUT2D eigenvalue weighted by molar-refractivity contribution is 6.16. The first-order valence-electron chi connectivity index (χ1n) is 8.41. The number of fused-ring (bicyclic) bond motifs is 1. The number of cyclic esters (lactones) is 2. The van der Waals surface area contributed by atoms with Gasteiger partial charge < -0.3 is 24.0 Å². The number of carbonyl (C=O) groups is 3. The third-order valence-corrected chi connectivity index (χ3v) is 4.21. The summed E-state index contributed by atoms with van der Waals surface area (Å²) in [5.74, 6) is -1.05. The molecule has 0 bridgehead atoms. The topological polar surface area (TPSA) is 85.4 Å². The van der Waals surface area contributed by atoms with Crippen LogP contribution in [0.3, 0.4) is 0 Å². The van der Waals surface area contributed by atoms with E-state index in [1.165, 1.54) is 7.11 Å². The summed E-state index contributed by atoms with van der Waals surface area (Å²) in [4.78, 5) is 39.5. The highest BCUT2D eigenvalue weighted by atomic mass is 16.6. The smallest absolute Gasteiger partial charge is 0.410 e. The van der Waals surface area contributed by atoms with Gasteiger partial charge in [-0.25, -0.2) is 14.4 Å². The molecular formula is C18H22N2O6. The Hall–Kier alpha value is -2.77. The Morgan fingerprint density at radius 1 is 1.08 bits per heavy atom. The molecule has 0 spiro atoms. The van der Waals surface area contributed by atoms with Crippen molar-refractivity contribution in [3.05, 3.63) is 23.3 Å². The standard InChI is InChI=1S/C18H22N2O6/c1-18(2,3)26-17(23)20-7-5-19(6-8-20)11-9-12-14(13(10-11)24-4)16(22)25-15(12)21/h9-10H,5-8H2,1-4H3. The van der Waals surface area contributed by atoms with Crippen LogP contribution in [0.2, 0.25) is 0 Å². The third-order valence-electron chi connectivity index (χ3n) is 4.21. The molecule has 1 aromatic carbocycles. The van der Waals surface area contributed by atoms with Crippen LogP contribution in [0.1, 0.15) is 41.5 Å². The molecule has 0 unspecified atom stereocenters. The molecule has 1 aromatic rings. The maximum absolute atomic E-state index is 12.2. The van der Waals surface area contributed by atoms with Crippen molar-refractivity contribution in [1.82, 2.24) is 4.90 Å². The van der Waals surface area contributed by atoms with Gasteiger partial charge in [0.15, 0.2) is 0 Å². The summed E-state index contributed by atoms with van der Waals surface area (Å²) in [6.07, 6.45) is -0.335. The van der Waals surface area contributed by atoms with Gasteiger partial charge in [-0.2, -0.15) is 0 Å². The third kappa shape index (κ3) is 3.44. The van der Waals surface area contributed by atoms with Gasteiger partial charge in [0.25, 0.3) is 0 Å². The number of amides is 1. The van der Waals surface area contributed by atoms with Crippen LogP contribution in [0.5, 0.6) is 5.75 Å². The number of methoxy groups -OCH3 is 1. The molecule has 2 aliphatic heterocycles. The zero-order valence-electron chi connectivity index (χ0n) is 15.3. The van der Waals surface area contributed by atoms with Crippen molar-refractivity contribution in [2.45, 2.75) is 26.4 Å². The minimum atomic E-state index is -0.692. The van der Waals surface area contributed by atoms with E-state index in [2.05, 4.69) is 4.74 Å². The second kappa shape index (κ2) is 6.51. The molecule has 1 amide bonds. The van der Waals surface area contributed by atoms with Crippen LogP contribution in [0.4, 0.5) is 10.5 Å². The quantitative estimate of drug-likeness (QED) is 0.588. The SMILES string of the molecule is COc1cc(N2CCN(C(=O)OC(C)(C)C)CC2)cc2c1C(=O)OC2=O. The van der Waals surface area contributed by atoms with Crippen LogP contribution >= 0.6 is 0 Å². The van der Waals surface area contributed by atoms with Crippen LogP contribution in [0.15, 0.2) is 12.1 Å². The maximum atomic E-state index is 12.2. The summed E-state index contributed by atoms with van der Waals surface area (Å²) in [5.41, 5.74) is 0.581. The van der Waals surface area contributed by atoms with Crippen LogP contribution in [0, 0.1) is 0 Å². The summed E-state index contributed by atoms with van der Waals surface area (Å²) >= 11 is 0. The van der Waals surface area contributed by atoms with Crippen LogP contribution < -0.4 is 9.64 Å². The van der Waals surface area contributed by atoms with Crippen LogP contribution in [-0.4, -0.2) is 61.8 Å². The molecule has 26 heavy (non-hydrogen) atoms. The first-order valence-corrected chi connectivity index (χ1v) is 8.41. The summed E-state index contributed by atoms with van der Waals surface area (Å²) in [6, 6.07) is 3.34. The van der Waals surface area contributed by atoms with Crippen molar-refractivity contribution in [3.8, 4) is 5.75 Å². The molecule has 0 aromatic heterocycles. The van der Waals surface area contributed by atoms with Gasteiger partial charge >= 0.3 is 18.0 Å². The molecule has 140 valence electrons. The summed E-state index contributed by atoms with van der Waals surface area (Å²) in [5, 5.41) is 0. The second-order valence-electron chi connectivity index (χ2n) is 7.20. The Bertz CT molecular complexity index is 760. The lowest BCUT2D eigenvalue weighted by Gasteiger charge is -2.37. The van der Waals surface area contributed by atoms with Gasteiger partial charge in [0, 0.05) is 37.9 Å². The molecule has 0 saturated carbocycles. The normalized spacial score (nSPS) is 17.1. The Kier molecular flexibility index (Phi) is 4.52. The van der Waals surface area contributed by atoms with E-state index in [4.69, 9.17) is 9.47 Å². The van der Waals surface area contributed by atoms with Gasteiger partial charge in [-0.15, -0.1) is 0 Å². The zero-order valence-corrected chi connectivity index (χ0v) is 15.3. The minimum Gasteiger partial charge on any atom is -0.496 e. The molecule has 8 heteroatoms. The number of hydrogen-bond acceptors (Lipinski definition) is 7. The lowest BCUT2D eigenvalue weighted by molar-refractivity contribution is 0.0240. The van der Waals surface area contributed by atoms with Gasteiger partial charge in [0.2, 0.25) is 0 Å². The maximum Gasteiger partial charge on any atom is 0.410 e. The molecule has 0 N–H and O–H groups in total. The number of benzene rings is 1. The zero-order chi connectivity index (χ0) is 19.1. The summed E-state index contributed by atoms with van der Waals surface area (Å²) < 4.78 is 15.3. The molecule has 3 rings (SSSR count). The number of rotatable bonds is 2. The Morgan fingerprint density at radius 2 is 1.73 bits per heavy atom. The minimum absolute atomic E-state index is 0.161. The number of piperazine rings is 1. The highest BCUT2D eigenvalue weighted by Crippen LogP contribution is 2.34. The second-order valence-corrected chi connectivity index (χ2v) is 7.20. The van der Waals surface area contributed by atoms with Crippen LogP contribution in [-0.2, 0) is 9.47 Å². The van der Waals surface area contributed by atoms with E-state index < -0.39 is 17.5 Å². The van der Waals surface area contributed by atoms with Gasteiger partial charge in [-0.1, -0.05) is 0 Å². The van der Waals surface area contributed by atoms with Crippen LogP contribution in [0.25, 0.3) is 0 Å². The highest BCUT2D eigenvalue weighted by Gasteiger charge is 2.35. The van der Waals surface area contributed by atoms with E-state index in [1.54, 1.807) is 17.0 Å². The van der Waals surface area contributed by atoms with Crippen molar-refractivity contribution < 1.29 is 28.6 Å². The molecule has 2 heterocycles. The number of nitrogens with zero attached hydrogens (tertiary/aromatic N) is 2. The molecule has 8 nitrogen and oxygen atoms in total. The summed E-state index contributed by atoms with van der Waals surface area (Å²) in [6.45, 7) is 7.64. The number of ether oxygens (including phenoxy) is 3. The first kappa shape index (κ1) is 18.0. The molecule has 1 saturated heterocycles. The predicted octanol–water partition coefficient (Wildman–Crippen LogP) is 2.06. The molecular weight excluding hydrogens is 340 g/mol. The number of hydrogen-bond donors (Lipinski definition) is 0. The fourth-order valence-corrected chi connectivity index (χ4v) is 2.98. The van der Waals surface area contributed by atoms with Crippen molar-refractivity contribution in [1.29, 1.82) is 0 Å². The van der Waals surface area contributed by atoms with Crippen molar-refractivity contribution >= 4 is 23.7 Å². The molecule has 0 radical (unpaired) electrons. The Morgan fingerprint density at radius 3 is 2.31 bits per heavy atom. The number of esters is 2. The molecule has 0 aliphatic carbocycles. The Labute approximate surface area is 151 Å². The van der Waals surface area contributed by atoms with E-state index in [1.807, 2.05) is 25.7 Å². The van der Waals surface area contributed by atoms with Crippen molar-refractivity contribution in [2.75, 3.05) is 38.2 Å². The van der Waals surface area contributed by atoms with Gasteiger partial charge in [-0.3, -0.25) is 0 Å². The summed E-state index contributed by atoms with van der Waals surface area (Å²) in [7, 11) is 1.44. The first-order chi connectivity index (χ1) is 12.2. The fourth-order valence-electron chi connectivity index (χ4n) is 2.98. The lowest BCUT2D eigenvalue weighted by atomic mass is 10.1. The average Bonchev–Trinajstić information content (AvgIpc) is 2.87. The largest absolute Gasteiger partial charge is 0.496 e. The number of carbonyl (C=O) groups excluding carboxylic acids is 3. The van der Waals surface area contributed by atoms with Crippen molar-refractivity contribution in [3.63, 3.8) is 0 Å². The number of anilines is 1. The fraction of sp³-hybridized carbons (Fsp3) is 0.500. The van der Waals surface area contributed by atoms with Gasteiger partial charge in [-0.05, 0) is 26.8 Å². The molecule has 0 atom stereocenters. The monoisotopic (exact) mass is 362 g/mol. The molecule has 1 fully saturated rings.